The predicted molar refractivity (Wildman–Crippen MR) is 89.3 cm³/mol. The average molecular weight is 330 g/mol. The van der Waals surface area contributed by atoms with Crippen molar-refractivity contribution in [2.24, 2.45) is 5.73 Å². The number of halogens is 1. The highest BCUT2D eigenvalue weighted by Gasteiger charge is 2.18. The van der Waals surface area contributed by atoms with Gasteiger partial charge in [-0.15, -0.1) is 12.4 Å². The molecule has 1 saturated heterocycles. The highest BCUT2D eigenvalue weighted by atomic mass is 35.5. The number of benzene rings is 1. The Morgan fingerprint density at radius 2 is 2.00 bits per heavy atom. The lowest BCUT2D eigenvalue weighted by molar-refractivity contribution is -0.114. The molecule has 0 atom stereocenters. The van der Waals surface area contributed by atoms with Crippen LogP contribution in [0.3, 0.4) is 0 Å². The summed E-state index contributed by atoms with van der Waals surface area (Å²) in [6.07, 6.45) is 0. The van der Waals surface area contributed by atoms with Gasteiger partial charge in [0.25, 0.3) is 5.91 Å². The normalized spacial score (nSPS) is 14.3. The summed E-state index contributed by atoms with van der Waals surface area (Å²) >= 11 is 1.87. The Balaban J connectivity index is 0.00000220. The second-order valence-electron chi connectivity index (χ2n) is 4.69. The van der Waals surface area contributed by atoms with Gasteiger partial charge in [-0.3, -0.25) is 9.59 Å². The molecule has 116 valence electrons. The van der Waals surface area contributed by atoms with Crippen molar-refractivity contribution in [3.05, 3.63) is 29.3 Å². The van der Waals surface area contributed by atoms with E-state index >= 15 is 0 Å². The second-order valence-corrected chi connectivity index (χ2v) is 5.91. The molecule has 1 aliphatic heterocycles. The number of amides is 2. The molecule has 1 heterocycles. The molecule has 0 spiro atoms. The molecule has 2 amide bonds. The molecule has 1 aromatic rings. The molecule has 2 rings (SSSR count). The summed E-state index contributed by atoms with van der Waals surface area (Å²) < 4.78 is 0. The van der Waals surface area contributed by atoms with Gasteiger partial charge in [-0.1, -0.05) is 0 Å². The lowest BCUT2D eigenvalue weighted by atomic mass is 10.1. The average Bonchev–Trinajstić information content (AvgIpc) is 2.49. The van der Waals surface area contributed by atoms with Gasteiger partial charge in [0.2, 0.25) is 5.91 Å². The van der Waals surface area contributed by atoms with Gasteiger partial charge in [0, 0.05) is 35.8 Å². The van der Waals surface area contributed by atoms with Crippen LogP contribution in [0.25, 0.3) is 0 Å². The van der Waals surface area contributed by atoms with Crippen LogP contribution < -0.4 is 11.1 Å². The number of hydrogen-bond acceptors (Lipinski definition) is 4. The summed E-state index contributed by atoms with van der Waals surface area (Å²) in [5.41, 5.74) is 7.50. The first-order valence-electron chi connectivity index (χ1n) is 6.59. The van der Waals surface area contributed by atoms with E-state index in [0.717, 1.165) is 30.2 Å². The number of nitrogens with zero attached hydrogens (tertiary/aromatic N) is 1. The van der Waals surface area contributed by atoms with Crippen molar-refractivity contribution in [3.8, 4) is 0 Å². The van der Waals surface area contributed by atoms with E-state index in [4.69, 9.17) is 5.73 Å². The van der Waals surface area contributed by atoms with Crippen LogP contribution in [-0.4, -0.2) is 47.9 Å². The monoisotopic (exact) mass is 329 g/mol. The van der Waals surface area contributed by atoms with E-state index in [2.05, 4.69) is 5.32 Å². The first-order valence-corrected chi connectivity index (χ1v) is 7.75. The Hall–Kier alpha value is -1.24. The Kier molecular flexibility index (Phi) is 7.01. The minimum absolute atomic E-state index is 0. The van der Waals surface area contributed by atoms with E-state index in [0.29, 0.717) is 11.3 Å². The van der Waals surface area contributed by atoms with Gasteiger partial charge < -0.3 is 16.0 Å². The van der Waals surface area contributed by atoms with Crippen molar-refractivity contribution < 1.29 is 9.59 Å². The standard InChI is InChI=1S/C14H19N3O2S.ClH/c1-10-8-11(2-3-12(10)16-13(18)9-15)14(19)17-4-6-20-7-5-17;/h2-3,8H,4-7,9,15H2,1H3,(H,16,18);1H. The van der Waals surface area contributed by atoms with Crippen molar-refractivity contribution in [1.29, 1.82) is 0 Å². The summed E-state index contributed by atoms with van der Waals surface area (Å²) in [5, 5.41) is 2.71. The first-order chi connectivity index (χ1) is 9.61. The minimum Gasteiger partial charge on any atom is -0.337 e. The zero-order valence-electron chi connectivity index (χ0n) is 11.9. The fourth-order valence-corrected chi connectivity index (χ4v) is 2.99. The zero-order valence-corrected chi connectivity index (χ0v) is 13.6. The summed E-state index contributed by atoms with van der Waals surface area (Å²) in [6.45, 7) is 3.42. The van der Waals surface area contributed by atoms with Crippen molar-refractivity contribution in [1.82, 2.24) is 4.90 Å². The quantitative estimate of drug-likeness (QED) is 0.881. The fourth-order valence-electron chi connectivity index (χ4n) is 2.09. The molecule has 0 radical (unpaired) electrons. The molecule has 0 aromatic heterocycles. The number of nitrogens with one attached hydrogen (secondary N) is 1. The fraction of sp³-hybridized carbons (Fsp3) is 0.429. The third kappa shape index (κ3) is 4.62. The number of rotatable bonds is 3. The van der Waals surface area contributed by atoms with Gasteiger partial charge in [-0.2, -0.15) is 11.8 Å². The molecule has 0 unspecified atom stereocenters. The molecule has 0 aliphatic carbocycles. The Labute approximate surface area is 135 Å². The van der Waals surface area contributed by atoms with Gasteiger partial charge >= 0.3 is 0 Å². The van der Waals surface area contributed by atoms with E-state index in [1.165, 1.54) is 0 Å². The number of thioether (sulfide) groups is 1. The Bertz CT molecular complexity index is 519. The van der Waals surface area contributed by atoms with E-state index in [9.17, 15) is 9.59 Å². The van der Waals surface area contributed by atoms with E-state index in [1.807, 2.05) is 29.7 Å². The minimum atomic E-state index is -0.236. The molecule has 1 fully saturated rings. The van der Waals surface area contributed by atoms with Crippen molar-refractivity contribution in [2.45, 2.75) is 6.92 Å². The summed E-state index contributed by atoms with van der Waals surface area (Å²) in [6, 6.07) is 5.33. The Morgan fingerprint density at radius 3 is 2.57 bits per heavy atom. The van der Waals surface area contributed by atoms with E-state index < -0.39 is 0 Å². The van der Waals surface area contributed by atoms with Gasteiger partial charge in [0.1, 0.15) is 0 Å². The molecular formula is C14H20ClN3O2S. The molecule has 0 saturated carbocycles. The predicted octanol–water partition coefficient (Wildman–Crippen LogP) is 1.50. The lowest BCUT2D eigenvalue weighted by Crippen LogP contribution is -2.37. The topological polar surface area (TPSA) is 75.4 Å². The van der Waals surface area contributed by atoms with Gasteiger partial charge in [0.15, 0.2) is 0 Å². The highest BCUT2D eigenvalue weighted by molar-refractivity contribution is 7.99. The van der Waals surface area contributed by atoms with Crippen molar-refractivity contribution >= 4 is 41.7 Å². The number of carbonyl (C=O) groups excluding carboxylic acids is 2. The number of nitrogens with two attached hydrogens (primary N) is 1. The van der Waals surface area contributed by atoms with Gasteiger partial charge in [-0.05, 0) is 30.7 Å². The molecule has 21 heavy (non-hydrogen) atoms. The van der Waals surface area contributed by atoms with Crippen LogP contribution in [0.4, 0.5) is 5.69 Å². The van der Waals surface area contributed by atoms with Crippen LogP contribution in [0, 0.1) is 6.92 Å². The molecular weight excluding hydrogens is 310 g/mol. The van der Waals surface area contributed by atoms with Crippen LogP contribution in [0.2, 0.25) is 0 Å². The van der Waals surface area contributed by atoms with E-state index in [1.54, 1.807) is 12.1 Å². The summed E-state index contributed by atoms with van der Waals surface area (Å²) in [7, 11) is 0. The molecule has 1 aromatic carbocycles. The molecule has 3 N–H and O–H groups in total. The van der Waals surface area contributed by atoms with E-state index in [-0.39, 0.29) is 30.8 Å². The maximum atomic E-state index is 12.4. The first kappa shape index (κ1) is 17.8. The van der Waals surface area contributed by atoms with Gasteiger partial charge in [-0.25, -0.2) is 0 Å². The number of anilines is 1. The molecule has 0 bridgehead atoms. The smallest absolute Gasteiger partial charge is 0.253 e. The van der Waals surface area contributed by atoms with Crippen LogP contribution in [0.15, 0.2) is 18.2 Å². The molecule has 7 heteroatoms. The molecule has 1 aliphatic rings. The number of carbonyl (C=O) groups is 2. The number of aryl methyl sites for hydroxylation is 1. The van der Waals surface area contributed by atoms with Crippen LogP contribution in [-0.2, 0) is 4.79 Å². The number of hydrogen-bond donors (Lipinski definition) is 2. The zero-order chi connectivity index (χ0) is 14.5. The van der Waals surface area contributed by atoms with Crippen molar-refractivity contribution in [2.75, 3.05) is 36.5 Å². The van der Waals surface area contributed by atoms with Crippen molar-refractivity contribution in [3.63, 3.8) is 0 Å². The highest BCUT2D eigenvalue weighted by Crippen LogP contribution is 2.19. The SMILES string of the molecule is Cc1cc(C(=O)N2CCSCC2)ccc1NC(=O)CN.Cl. The second kappa shape index (κ2) is 8.26. The molecule has 5 nitrogen and oxygen atoms in total. The van der Waals surface area contributed by atoms with Gasteiger partial charge in [0.05, 0.1) is 6.54 Å². The summed E-state index contributed by atoms with van der Waals surface area (Å²) in [4.78, 5) is 25.5. The van der Waals surface area contributed by atoms with Crippen LogP contribution >= 0.6 is 24.2 Å². The largest absolute Gasteiger partial charge is 0.337 e. The third-order valence-corrected chi connectivity index (χ3v) is 4.17. The maximum Gasteiger partial charge on any atom is 0.253 e. The Morgan fingerprint density at radius 1 is 1.33 bits per heavy atom. The van der Waals surface area contributed by atoms with Crippen LogP contribution in [0.1, 0.15) is 15.9 Å². The van der Waals surface area contributed by atoms with Crippen LogP contribution in [0.5, 0.6) is 0 Å². The maximum absolute atomic E-state index is 12.4. The summed E-state index contributed by atoms with van der Waals surface area (Å²) in [5.74, 6) is 1.82. The third-order valence-electron chi connectivity index (χ3n) is 3.23. The lowest BCUT2D eigenvalue weighted by Gasteiger charge is -2.26.